The second-order valence-corrected chi connectivity index (χ2v) is 3.82. The largest absolute Gasteiger partial charge is 0.314 e. The van der Waals surface area contributed by atoms with Crippen molar-refractivity contribution in [3.05, 3.63) is 0 Å². The smallest absolute Gasteiger partial charge is 0.00955 e. The van der Waals surface area contributed by atoms with Gasteiger partial charge >= 0.3 is 0 Å². The number of nitrogens with one attached hydrogen (secondary N) is 1. The Bertz CT molecular complexity index is 187. The summed E-state index contributed by atoms with van der Waals surface area (Å²) in [6.07, 6.45) is 6.56. The van der Waals surface area contributed by atoms with Gasteiger partial charge in [0.1, 0.15) is 0 Å². The lowest BCUT2D eigenvalue weighted by Gasteiger charge is -2.19. The van der Waals surface area contributed by atoms with Crippen molar-refractivity contribution in [1.82, 2.24) is 5.32 Å². The summed E-state index contributed by atoms with van der Waals surface area (Å²) in [5.41, 5.74) is 0. The Morgan fingerprint density at radius 1 is 1.38 bits per heavy atom. The van der Waals surface area contributed by atoms with E-state index in [1.807, 2.05) is 6.92 Å². The fourth-order valence-electron chi connectivity index (χ4n) is 2.30. The quantitative estimate of drug-likeness (QED) is 0.654. The molecule has 1 saturated carbocycles. The molecule has 2 unspecified atom stereocenters. The Kier molecular flexibility index (Phi) is 4.93. The van der Waals surface area contributed by atoms with Crippen LogP contribution in [-0.4, -0.2) is 12.6 Å². The van der Waals surface area contributed by atoms with Crippen LogP contribution < -0.4 is 5.32 Å². The van der Waals surface area contributed by atoms with Crippen LogP contribution in [-0.2, 0) is 0 Å². The molecule has 1 fully saturated rings. The van der Waals surface area contributed by atoms with E-state index in [0.717, 1.165) is 24.9 Å². The highest BCUT2D eigenvalue weighted by Crippen LogP contribution is 2.29. The molecule has 0 aromatic carbocycles. The molecule has 0 spiro atoms. The standard InChI is InChI=1S/C12H21N/c1-3-5-6-8-11-9-7-10-12(11)13-4-2/h11-13H,4,6-10H2,1-2H3. The molecule has 1 nitrogen and oxygen atoms in total. The molecular formula is C12H21N. The van der Waals surface area contributed by atoms with Crippen molar-refractivity contribution >= 4 is 0 Å². The Hall–Kier alpha value is -0.480. The summed E-state index contributed by atoms with van der Waals surface area (Å²) in [5.74, 6) is 7.02. The van der Waals surface area contributed by atoms with Crippen LogP contribution in [0.1, 0.15) is 46.0 Å². The molecule has 0 aromatic rings. The highest BCUT2D eigenvalue weighted by molar-refractivity contribution is 4.96. The molecule has 1 aliphatic rings. The summed E-state index contributed by atoms with van der Waals surface area (Å²) < 4.78 is 0. The first-order valence-corrected chi connectivity index (χ1v) is 5.51. The fraction of sp³-hybridized carbons (Fsp3) is 0.833. The first-order chi connectivity index (χ1) is 6.38. The van der Waals surface area contributed by atoms with Gasteiger partial charge in [0.2, 0.25) is 0 Å². The van der Waals surface area contributed by atoms with Crippen LogP contribution >= 0.6 is 0 Å². The van der Waals surface area contributed by atoms with Gasteiger partial charge < -0.3 is 5.32 Å². The van der Waals surface area contributed by atoms with Crippen molar-refractivity contribution in [2.45, 2.75) is 52.0 Å². The fourth-order valence-corrected chi connectivity index (χ4v) is 2.30. The molecule has 1 aliphatic carbocycles. The van der Waals surface area contributed by atoms with Gasteiger partial charge in [0, 0.05) is 12.5 Å². The van der Waals surface area contributed by atoms with Gasteiger partial charge in [-0.1, -0.05) is 13.3 Å². The molecule has 13 heavy (non-hydrogen) atoms. The number of hydrogen-bond donors (Lipinski definition) is 1. The molecule has 0 saturated heterocycles. The average Bonchev–Trinajstić information content (AvgIpc) is 2.54. The van der Waals surface area contributed by atoms with E-state index in [-0.39, 0.29) is 0 Å². The van der Waals surface area contributed by atoms with Gasteiger partial charge in [-0.2, -0.15) is 0 Å². The highest BCUT2D eigenvalue weighted by atomic mass is 14.9. The van der Waals surface area contributed by atoms with Crippen LogP contribution in [0.15, 0.2) is 0 Å². The molecule has 1 heteroatoms. The van der Waals surface area contributed by atoms with Gasteiger partial charge in [-0.05, 0) is 38.6 Å². The van der Waals surface area contributed by atoms with Crippen molar-refractivity contribution in [2.75, 3.05) is 6.54 Å². The van der Waals surface area contributed by atoms with Gasteiger partial charge in [0.05, 0.1) is 0 Å². The zero-order valence-electron chi connectivity index (χ0n) is 8.90. The maximum atomic E-state index is 3.57. The predicted molar refractivity (Wildman–Crippen MR) is 57.5 cm³/mol. The lowest BCUT2D eigenvalue weighted by Crippen LogP contribution is -2.31. The summed E-state index contributed by atoms with van der Waals surface area (Å²) in [5, 5.41) is 3.57. The third-order valence-corrected chi connectivity index (χ3v) is 2.94. The Morgan fingerprint density at radius 2 is 2.23 bits per heavy atom. The number of hydrogen-bond acceptors (Lipinski definition) is 1. The van der Waals surface area contributed by atoms with Gasteiger partial charge in [0.25, 0.3) is 0 Å². The van der Waals surface area contributed by atoms with E-state index in [1.54, 1.807) is 0 Å². The predicted octanol–water partition coefficient (Wildman–Crippen LogP) is 2.57. The number of rotatable bonds is 4. The Morgan fingerprint density at radius 3 is 2.92 bits per heavy atom. The molecule has 1 N–H and O–H groups in total. The van der Waals surface area contributed by atoms with Crippen LogP contribution in [0.5, 0.6) is 0 Å². The van der Waals surface area contributed by atoms with E-state index < -0.39 is 0 Å². The van der Waals surface area contributed by atoms with Gasteiger partial charge in [-0.3, -0.25) is 0 Å². The average molecular weight is 179 g/mol. The topological polar surface area (TPSA) is 12.0 Å². The molecule has 2 atom stereocenters. The van der Waals surface area contributed by atoms with Crippen LogP contribution in [0.4, 0.5) is 0 Å². The van der Waals surface area contributed by atoms with Gasteiger partial charge in [-0.25, -0.2) is 0 Å². The highest BCUT2D eigenvalue weighted by Gasteiger charge is 2.25. The maximum absolute atomic E-state index is 3.57. The second-order valence-electron chi connectivity index (χ2n) is 3.82. The van der Waals surface area contributed by atoms with Gasteiger partial charge in [0.15, 0.2) is 0 Å². The molecule has 1 rings (SSSR count). The minimum absolute atomic E-state index is 0.781. The van der Waals surface area contributed by atoms with E-state index >= 15 is 0 Å². The molecule has 0 aromatic heterocycles. The van der Waals surface area contributed by atoms with E-state index in [9.17, 15) is 0 Å². The van der Waals surface area contributed by atoms with Crippen LogP contribution in [0.3, 0.4) is 0 Å². The zero-order valence-corrected chi connectivity index (χ0v) is 8.90. The molecule has 0 bridgehead atoms. The minimum atomic E-state index is 0.781. The lowest BCUT2D eigenvalue weighted by molar-refractivity contribution is 0.390. The first-order valence-electron chi connectivity index (χ1n) is 5.51. The van der Waals surface area contributed by atoms with E-state index in [1.165, 1.54) is 25.7 Å². The molecule has 0 heterocycles. The summed E-state index contributed by atoms with van der Waals surface area (Å²) in [7, 11) is 0. The van der Waals surface area contributed by atoms with Crippen LogP contribution in [0, 0.1) is 17.8 Å². The Balaban J connectivity index is 2.25. The van der Waals surface area contributed by atoms with E-state index in [4.69, 9.17) is 0 Å². The summed E-state index contributed by atoms with van der Waals surface area (Å²) in [4.78, 5) is 0. The van der Waals surface area contributed by atoms with Crippen LogP contribution in [0.2, 0.25) is 0 Å². The lowest BCUT2D eigenvalue weighted by atomic mass is 9.98. The third kappa shape index (κ3) is 3.40. The van der Waals surface area contributed by atoms with Crippen LogP contribution in [0.25, 0.3) is 0 Å². The summed E-state index contributed by atoms with van der Waals surface area (Å²) in [6.45, 7) is 5.23. The molecule has 74 valence electrons. The van der Waals surface area contributed by atoms with Gasteiger partial charge in [-0.15, -0.1) is 11.8 Å². The zero-order chi connectivity index (χ0) is 9.52. The molecule has 0 amide bonds. The molecule has 0 aliphatic heterocycles. The van der Waals surface area contributed by atoms with Crippen molar-refractivity contribution in [2.24, 2.45) is 5.92 Å². The normalized spacial score (nSPS) is 26.9. The molecular weight excluding hydrogens is 158 g/mol. The summed E-state index contributed by atoms with van der Waals surface area (Å²) in [6, 6.07) is 0.781. The van der Waals surface area contributed by atoms with Crippen molar-refractivity contribution < 1.29 is 0 Å². The first kappa shape index (κ1) is 10.6. The van der Waals surface area contributed by atoms with E-state index in [0.29, 0.717) is 0 Å². The third-order valence-electron chi connectivity index (χ3n) is 2.94. The van der Waals surface area contributed by atoms with Crippen molar-refractivity contribution in [1.29, 1.82) is 0 Å². The SMILES string of the molecule is CC#CCCC1CCCC1NCC. The minimum Gasteiger partial charge on any atom is -0.314 e. The van der Waals surface area contributed by atoms with E-state index in [2.05, 4.69) is 24.1 Å². The monoisotopic (exact) mass is 179 g/mol. The maximum Gasteiger partial charge on any atom is 0.00955 e. The van der Waals surface area contributed by atoms with Crippen molar-refractivity contribution in [3.63, 3.8) is 0 Å². The Labute approximate surface area is 82.3 Å². The second kappa shape index (κ2) is 6.05. The molecule has 0 radical (unpaired) electrons. The summed E-state index contributed by atoms with van der Waals surface area (Å²) >= 11 is 0. The van der Waals surface area contributed by atoms with Crippen molar-refractivity contribution in [3.8, 4) is 11.8 Å².